The Morgan fingerprint density at radius 3 is 1.05 bits per heavy atom. The number of aromatic nitrogens is 2. The molecule has 0 aliphatic rings. The van der Waals surface area contributed by atoms with Crippen LogP contribution in [0.3, 0.4) is 0 Å². The smallest absolute Gasteiger partial charge is 0.326 e. The van der Waals surface area contributed by atoms with E-state index in [1.54, 1.807) is 85.2 Å². The number of aromatic hydroxyl groups is 2. The van der Waals surface area contributed by atoms with Gasteiger partial charge in [-0.2, -0.15) is 0 Å². The number of rotatable bonds is 28. The molecule has 14 N–H and O–H groups in total. The van der Waals surface area contributed by atoms with Gasteiger partial charge in [0.2, 0.25) is 47.3 Å². The van der Waals surface area contributed by atoms with Crippen LogP contribution in [0.4, 0.5) is 0 Å². The Labute approximate surface area is 493 Å². The van der Waals surface area contributed by atoms with E-state index in [4.69, 9.17) is 5.73 Å². The molecule has 7 atom stereocenters. The highest BCUT2D eigenvalue weighted by atomic mass is 16.4. The van der Waals surface area contributed by atoms with Crippen molar-refractivity contribution in [3.63, 3.8) is 0 Å². The molecule has 8 amide bonds. The fourth-order valence-electron chi connectivity index (χ4n) is 10.0. The summed E-state index contributed by atoms with van der Waals surface area (Å²) in [5.74, 6) is -8.61. The predicted molar refractivity (Wildman–Crippen MR) is 319 cm³/mol. The first-order valence-corrected chi connectivity index (χ1v) is 27.7. The third kappa shape index (κ3) is 17.2. The van der Waals surface area contributed by atoms with E-state index in [9.17, 15) is 58.5 Å². The Bertz CT molecular complexity index is 3700. The van der Waals surface area contributed by atoms with Crippen LogP contribution in [0.5, 0.6) is 11.5 Å². The van der Waals surface area contributed by atoms with E-state index in [-0.39, 0.29) is 50.0 Å². The zero-order chi connectivity index (χ0) is 61.3. The van der Waals surface area contributed by atoms with E-state index < -0.39 is 102 Å². The average molecular weight is 1170 g/mol. The molecule has 2 heterocycles. The number of nitrogens with one attached hydrogen (secondary N) is 9. The summed E-state index contributed by atoms with van der Waals surface area (Å²) in [6.45, 7) is 1.26. The van der Waals surface area contributed by atoms with Gasteiger partial charge in [0.05, 0.1) is 6.42 Å². The monoisotopic (exact) mass is 1170 g/mol. The Kier molecular flexibility index (Phi) is 20.6. The van der Waals surface area contributed by atoms with Crippen LogP contribution in [0, 0.1) is 0 Å². The standard InChI is InChI=1S/C64H66N10O12/c1-37(75)68-54(32-42-35-66-48-18-10-8-16-46(42)48)62(83)71-50(28-38-12-4-2-5-13-38)58(79)69-51(29-39-14-6-3-7-15-39)60(81)73-55(34-57(65)78)63(84)72-52(30-40-20-24-44(76)25-21-40)59(80)70-53(31-41-22-26-45(77)27-23-41)61(82)74-56(64(85)86)33-43-36-67-49-19-11-9-17-47(43)49/h2-27,35-36,50-56,66-67,76-77H,28-34H2,1H3,(H2,65,78)(H,68,75)(H,69,79)(H,70,80)(H,71,83)(H,72,84)(H,73,81)(H,74,82)(H,85,86)/t50-,51-,52-,53-,54+,55-,56-/m0/s1. The number of nitrogens with two attached hydrogens (primary N) is 1. The highest BCUT2D eigenvalue weighted by Gasteiger charge is 2.36. The Balaban J connectivity index is 1.05. The molecule has 0 unspecified atom stereocenters. The van der Waals surface area contributed by atoms with Crippen molar-refractivity contribution in [2.45, 2.75) is 94.2 Å². The van der Waals surface area contributed by atoms with Gasteiger partial charge in [0, 0.05) is 79.6 Å². The molecule has 2 aromatic heterocycles. The molecule has 22 nitrogen and oxygen atoms in total. The van der Waals surface area contributed by atoms with Crippen molar-refractivity contribution < 1.29 is 58.5 Å². The maximum atomic E-state index is 14.8. The minimum Gasteiger partial charge on any atom is -0.508 e. The number of carboxylic acids is 1. The van der Waals surface area contributed by atoms with E-state index >= 15 is 0 Å². The summed E-state index contributed by atoms with van der Waals surface area (Å²) in [5, 5.41) is 50.7. The lowest BCUT2D eigenvalue weighted by molar-refractivity contribution is -0.142. The van der Waals surface area contributed by atoms with Gasteiger partial charge in [-0.25, -0.2) is 4.79 Å². The second-order valence-corrected chi connectivity index (χ2v) is 20.9. The van der Waals surface area contributed by atoms with Crippen molar-refractivity contribution in [1.29, 1.82) is 0 Å². The molecule has 8 aromatic rings. The number of H-pyrrole nitrogens is 2. The number of aromatic amines is 2. The molecule has 6 aromatic carbocycles. The molecule has 0 bridgehead atoms. The lowest BCUT2D eigenvalue weighted by atomic mass is 10.00. The molecule has 0 spiro atoms. The lowest BCUT2D eigenvalue weighted by Gasteiger charge is -2.28. The summed E-state index contributed by atoms with van der Waals surface area (Å²) in [6, 6.07) is 32.9. The second-order valence-electron chi connectivity index (χ2n) is 20.9. The zero-order valence-electron chi connectivity index (χ0n) is 46.8. The molecule has 8 rings (SSSR count). The molecule has 22 heteroatoms. The van der Waals surface area contributed by atoms with E-state index in [2.05, 4.69) is 47.2 Å². The van der Waals surface area contributed by atoms with Crippen LogP contribution in [0.15, 0.2) is 170 Å². The molecule has 0 aliphatic heterocycles. The van der Waals surface area contributed by atoms with E-state index in [0.29, 0.717) is 27.8 Å². The SMILES string of the molecule is CC(=O)N[C@H](Cc1c[nH]c2ccccc12)C(=O)N[C@@H](Cc1ccccc1)C(=O)N[C@@H](Cc1ccccc1)C(=O)N[C@@H](CC(N)=O)C(=O)N[C@@H](Cc1ccc(O)cc1)C(=O)N[C@@H](Cc1ccc(O)cc1)C(=O)N[C@@H](Cc1c[nH]c2ccccc12)C(=O)O. The average Bonchev–Trinajstić information content (AvgIpc) is 4.14. The van der Waals surface area contributed by atoms with Crippen LogP contribution in [-0.4, -0.2) is 121 Å². The fraction of sp³-hybridized carbons (Fsp3) is 0.234. The van der Waals surface area contributed by atoms with E-state index in [0.717, 1.165) is 27.4 Å². The van der Waals surface area contributed by atoms with Gasteiger partial charge < -0.3 is 68.2 Å². The third-order valence-electron chi connectivity index (χ3n) is 14.4. The number of fused-ring (bicyclic) bond motifs is 2. The highest BCUT2D eigenvalue weighted by molar-refractivity contribution is 5.99. The highest BCUT2D eigenvalue weighted by Crippen LogP contribution is 2.22. The second kappa shape index (κ2) is 29.0. The molecular weight excluding hydrogens is 1100 g/mol. The van der Waals surface area contributed by atoms with Gasteiger partial charge in [-0.3, -0.25) is 38.4 Å². The summed E-state index contributed by atoms with van der Waals surface area (Å²) >= 11 is 0. The largest absolute Gasteiger partial charge is 0.508 e. The quantitative estimate of drug-likeness (QED) is 0.0336. The van der Waals surface area contributed by atoms with Crippen molar-refractivity contribution in [2.75, 3.05) is 0 Å². The normalized spacial score (nSPS) is 13.5. The van der Waals surface area contributed by atoms with Crippen molar-refractivity contribution >= 4 is 75.0 Å². The predicted octanol–water partition coefficient (Wildman–Crippen LogP) is 3.19. The number of phenolic OH excluding ortho intramolecular Hbond substituents is 2. The van der Waals surface area contributed by atoms with Gasteiger partial charge in [-0.05, 0) is 69.8 Å². The number of amides is 8. The van der Waals surface area contributed by atoms with Crippen molar-refractivity contribution in [2.24, 2.45) is 5.73 Å². The Morgan fingerprint density at radius 2 is 0.686 bits per heavy atom. The molecule has 0 saturated carbocycles. The Morgan fingerprint density at radius 1 is 0.384 bits per heavy atom. The maximum absolute atomic E-state index is 14.8. The first kappa shape index (κ1) is 61.3. The fourth-order valence-corrected chi connectivity index (χ4v) is 10.0. The summed E-state index contributed by atoms with van der Waals surface area (Å²) in [7, 11) is 0. The number of carbonyl (C=O) groups is 9. The molecule has 0 aliphatic carbocycles. The number of para-hydroxylation sites is 2. The van der Waals surface area contributed by atoms with Crippen molar-refractivity contribution in [1.82, 2.24) is 47.2 Å². The number of carbonyl (C=O) groups excluding carboxylic acids is 8. The van der Waals surface area contributed by atoms with Crippen LogP contribution in [0.2, 0.25) is 0 Å². The van der Waals surface area contributed by atoms with Gasteiger partial charge in [0.25, 0.3) is 0 Å². The maximum Gasteiger partial charge on any atom is 0.326 e. The molecule has 0 saturated heterocycles. The third-order valence-corrected chi connectivity index (χ3v) is 14.4. The van der Waals surface area contributed by atoms with Crippen LogP contribution in [0.1, 0.15) is 46.7 Å². The summed E-state index contributed by atoms with van der Waals surface area (Å²) in [4.78, 5) is 132. The zero-order valence-corrected chi connectivity index (χ0v) is 46.8. The van der Waals surface area contributed by atoms with Crippen LogP contribution >= 0.6 is 0 Å². The topological polar surface area (TPSA) is 356 Å². The first-order valence-electron chi connectivity index (χ1n) is 27.7. The Hall–Kier alpha value is -10.8. The van der Waals surface area contributed by atoms with E-state index in [1.165, 1.54) is 55.5 Å². The minimum absolute atomic E-state index is 0.0466. The van der Waals surface area contributed by atoms with Gasteiger partial charge >= 0.3 is 5.97 Å². The number of aliphatic carboxylic acids is 1. The summed E-state index contributed by atoms with van der Waals surface area (Å²) in [6.07, 6.45) is 1.67. The summed E-state index contributed by atoms with van der Waals surface area (Å²) in [5.41, 5.74) is 10.6. The van der Waals surface area contributed by atoms with Crippen LogP contribution in [-0.2, 0) is 81.7 Å². The molecular formula is C64H66N10O12. The van der Waals surface area contributed by atoms with E-state index in [1.807, 2.05) is 36.4 Å². The number of carboxylic acid groups (broad SMARTS) is 1. The first-order chi connectivity index (χ1) is 41.3. The number of primary amides is 1. The van der Waals surface area contributed by atoms with Crippen LogP contribution < -0.4 is 43.0 Å². The van der Waals surface area contributed by atoms with Crippen molar-refractivity contribution in [3.8, 4) is 11.5 Å². The van der Waals surface area contributed by atoms with Gasteiger partial charge in [-0.15, -0.1) is 0 Å². The number of hydrogen-bond donors (Lipinski definition) is 13. The van der Waals surface area contributed by atoms with Gasteiger partial charge in [0.15, 0.2) is 0 Å². The number of benzene rings is 6. The lowest BCUT2D eigenvalue weighted by Crippen LogP contribution is -2.61. The molecule has 86 heavy (non-hydrogen) atoms. The molecule has 444 valence electrons. The van der Waals surface area contributed by atoms with Gasteiger partial charge in [-0.1, -0.05) is 121 Å². The summed E-state index contributed by atoms with van der Waals surface area (Å²) < 4.78 is 0. The molecule has 0 fully saturated rings. The van der Waals surface area contributed by atoms with Crippen molar-refractivity contribution in [3.05, 3.63) is 203 Å². The van der Waals surface area contributed by atoms with Gasteiger partial charge in [0.1, 0.15) is 53.8 Å². The van der Waals surface area contributed by atoms with Crippen LogP contribution in [0.25, 0.3) is 21.8 Å². The molecule has 0 radical (unpaired) electrons. The number of phenols is 2. The minimum atomic E-state index is -1.80. The number of hydrogen-bond acceptors (Lipinski definition) is 11.